The topological polar surface area (TPSA) is 77.7 Å². The van der Waals surface area contributed by atoms with Crippen molar-refractivity contribution < 1.29 is 12.6 Å². The summed E-state index contributed by atoms with van der Waals surface area (Å²) < 4.78 is 33.5. The van der Waals surface area contributed by atoms with Crippen LogP contribution in [0.2, 0.25) is 0 Å². The highest BCUT2D eigenvalue weighted by molar-refractivity contribution is 9.10. The van der Waals surface area contributed by atoms with Gasteiger partial charge in [-0.3, -0.25) is 4.79 Å². The fourth-order valence-corrected chi connectivity index (χ4v) is 5.55. The Morgan fingerprint density at radius 2 is 1.74 bits per heavy atom. The average molecular weight is 513 g/mol. The Bertz CT molecular complexity index is 1660. The number of thiazole rings is 1. The predicted molar refractivity (Wildman–Crippen MR) is 124 cm³/mol. The molecule has 0 radical (unpaired) electrons. The second-order valence-electron chi connectivity index (χ2n) is 6.67. The first-order chi connectivity index (χ1) is 14.9. The maximum Gasteiger partial charge on any atom is 0.339 e. The van der Waals surface area contributed by atoms with E-state index in [1.807, 2.05) is 24.3 Å². The summed E-state index contributed by atoms with van der Waals surface area (Å²) in [5.74, 6) is 0.127. The zero-order valence-corrected chi connectivity index (χ0v) is 18.9. The lowest BCUT2D eigenvalue weighted by Crippen LogP contribution is -2.22. The van der Waals surface area contributed by atoms with Crippen molar-refractivity contribution in [3.05, 3.63) is 97.7 Å². The van der Waals surface area contributed by atoms with Gasteiger partial charge in [-0.15, -0.1) is 0 Å². The molecule has 0 aliphatic heterocycles. The number of nitrogens with zero attached hydrogens (tertiary/aromatic N) is 2. The first-order valence-electron chi connectivity index (χ1n) is 9.13. The van der Waals surface area contributed by atoms with Crippen LogP contribution in [-0.2, 0) is 10.1 Å². The minimum absolute atomic E-state index is 0.0504. The van der Waals surface area contributed by atoms with Gasteiger partial charge in [0.05, 0.1) is 15.6 Å². The third kappa shape index (κ3) is 3.65. The van der Waals surface area contributed by atoms with Crippen LogP contribution in [0.3, 0.4) is 0 Å². The van der Waals surface area contributed by atoms with E-state index < -0.39 is 10.1 Å². The van der Waals surface area contributed by atoms with Gasteiger partial charge in [0.25, 0.3) is 5.56 Å². The molecule has 0 amide bonds. The lowest BCUT2D eigenvalue weighted by Gasteiger charge is -2.10. The first kappa shape index (κ1) is 19.9. The minimum atomic E-state index is -4.02. The molecule has 154 valence electrons. The van der Waals surface area contributed by atoms with Gasteiger partial charge in [0.2, 0.25) is 0 Å². The molecule has 0 spiro atoms. The van der Waals surface area contributed by atoms with Crippen molar-refractivity contribution >= 4 is 59.5 Å². The maximum absolute atomic E-state index is 13.0. The number of hydrogen-bond donors (Lipinski definition) is 0. The van der Waals surface area contributed by atoms with E-state index in [4.69, 9.17) is 4.18 Å². The molecule has 0 saturated heterocycles. The second-order valence-corrected chi connectivity index (χ2v) is 10.1. The van der Waals surface area contributed by atoms with Crippen LogP contribution in [0.4, 0.5) is 0 Å². The summed E-state index contributed by atoms with van der Waals surface area (Å²) >= 11 is 4.63. The summed E-state index contributed by atoms with van der Waals surface area (Å²) in [6.45, 7) is 0. The molecular formula is C22H13BrN2O4S2. The van der Waals surface area contributed by atoms with Crippen LogP contribution < -0.4 is 14.3 Å². The van der Waals surface area contributed by atoms with Gasteiger partial charge < -0.3 is 4.18 Å². The summed E-state index contributed by atoms with van der Waals surface area (Å²) in [6.07, 6.45) is 1.62. The Morgan fingerprint density at radius 3 is 2.55 bits per heavy atom. The smallest absolute Gasteiger partial charge is 0.339 e. The number of imidazole rings is 1. The number of halogens is 1. The molecule has 5 rings (SSSR count). The quantitative estimate of drug-likeness (QED) is 0.340. The van der Waals surface area contributed by atoms with Gasteiger partial charge in [-0.05, 0) is 48.5 Å². The van der Waals surface area contributed by atoms with Crippen molar-refractivity contribution in [2.24, 2.45) is 0 Å². The number of hydrogen-bond acceptors (Lipinski definition) is 6. The van der Waals surface area contributed by atoms with Gasteiger partial charge in [-0.2, -0.15) is 8.42 Å². The molecule has 6 nitrogen and oxygen atoms in total. The largest absolute Gasteiger partial charge is 0.378 e. The third-order valence-corrected chi connectivity index (χ3v) is 7.35. The van der Waals surface area contributed by atoms with E-state index in [-0.39, 0.29) is 16.2 Å². The van der Waals surface area contributed by atoms with Crippen molar-refractivity contribution in [1.29, 1.82) is 0 Å². The number of para-hydroxylation sites is 2. The minimum Gasteiger partial charge on any atom is -0.378 e. The molecule has 0 atom stereocenters. The fraction of sp³-hybridized carbons (Fsp3) is 0. The highest BCUT2D eigenvalue weighted by Crippen LogP contribution is 2.27. The van der Waals surface area contributed by atoms with Gasteiger partial charge in [0.1, 0.15) is 10.6 Å². The first-order valence-corrected chi connectivity index (χ1v) is 12.1. The van der Waals surface area contributed by atoms with Gasteiger partial charge in [0, 0.05) is 10.0 Å². The molecule has 31 heavy (non-hydrogen) atoms. The van der Waals surface area contributed by atoms with E-state index in [2.05, 4.69) is 20.9 Å². The van der Waals surface area contributed by atoms with Gasteiger partial charge in [0.15, 0.2) is 4.96 Å². The Hall–Kier alpha value is -3.01. The SMILES string of the molecule is O=c1/c(=C/c2cc(Br)ccc2OS(=O)(=O)c2ccccc2)sc2nc3ccccc3n12. The van der Waals surface area contributed by atoms with E-state index in [1.54, 1.807) is 46.9 Å². The summed E-state index contributed by atoms with van der Waals surface area (Å²) in [7, 11) is -4.02. The lowest BCUT2D eigenvalue weighted by atomic mass is 10.2. The zero-order chi connectivity index (χ0) is 21.6. The Kier molecular flexibility index (Phi) is 4.88. The van der Waals surface area contributed by atoms with Crippen LogP contribution in [0.1, 0.15) is 5.56 Å². The second kappa shape index (κ2) is 7.60. The number of rotatable bonds is 4. The Morgan fingerprint density at radius 1 is 1.00 bits per heavy atom. The van der Waals surface area contributed by atoms with Gasteiger partial charge >= 0.3 is 10.1 Å². The normalized spacial score (nSPS) is 12.6. The lowest BCUT2D eigenvalue weighted by molar-refractivity contribution is 0.485. The average Bonchev–Trinajstić information content (AvgIpc) is 3.27. The van der Waals surface area contributed by atoms with Crippen LogP contribution in [0.25, 0.3) is 22.1 Å². The molecule has 0 aliphatic carbocycles. The standard InChI is InChI=1S/C22H13BrN2O4S2/c23-15-10-11-19(29-31(27,28)16-6-2-1-3-7-16)14(12-15)13-20-21(26)25-18-9-5-4-8-17(18)24-22(25)30-20/h1-13H/b20-13-. The van der Waals surface area contributed by atoms with Gasteiger partial charge in [-0.25, -0.2) is 9.38 Å². The molecule has 0 bridgehead atoms. The fourth-order valence-electron chi connectivity index (χ4n) is 3.21. The highest BCUT2D eigenvalue weighted by Gasteiger charge is 2.18. The van der Waals surface area contributed by atoms with Crippen molar-refractivity contribution in [2.75, 3.05) is 0 Å². The van der Waals surface area contributed by atoms with E-state index in [9.17, 15) is 13.2 Å². The van der Waals surface area contributed by atoms with Crippen LogP contribution >= 0.6 is 27.3 Å². The molecule has 9 heteroatoms. The third-order valence-electron chi connectivity index (χ3n) is 4.63. The molecule has 5 aromatic rings. The highest BCUT2D eigenvalue weighted by atomic mass is 79.9. The number of fused-ring (bicyclic) bond motifs is 3. The molecule has 3 aromatic carbocycles. The van der Waals surface area contributed by atoms with Crippen molar-refractivity contribution in [3.8, 4) is 5.75 Å². The van der Waals surface area contributed by atoms with Crippen LogP contribution in [-0.4, -0.2) is 17.8 Å². The summed E-state index contributed by atoms with van der Waals surface area (Å²) in [4.78, 5) is 18.2. The molecule has 0 unspecified atom stereocenters. The molecule has 0 saturated carbocycles. The van der Waals surface area contributed by atoms with E-state index >= 15 is 0 Å². The van der Waals surface area contributed by atoms with Crippen LogP contribution in [0, 0.1) is 0 Å². The van der Waals surface area contributed by atoms with E-state index in [0.29, 0.717) is 15.1 Å². The summed E-state index contributed by atoms with van der Waals surface area (Å²) in [5, 5.41) is 0. The Labute approximate surface area is 189 Å². The van der Waals surface area contributed by atoms with E-state index in [0.717, 1.165) is 15.5 Å². The zero-order valence-electron chi connectivity index (χ0n) is 15.7. The predicted octanol–water partition coefficient (Wildman–Crippen LogP) is 3.99. The molecule has 2 aromatic heterocycles. The monoisotopic (exact) mass is 512 g/mol. The van der Waals surface area contributed by atoms with E-state index in [1.165, 1.54) is 23.5 Å². The van der Waals surface area contributed by atoms with Crippen molar-refractivity contribution in [1.82, 2.24) is 9.38 Å². The molecule has 0 fully saturated rings. The number of aromatic nitrogens is 2. The maximum atomic E-state index is 13.0. The number of benzene rings is 3. The summed E-state index contributed by atoms with van der Waals surface area (Å²) in [6, 6.07) is 20.3. The van der Waals surface area contributed by atoms with Gasteiger partial charge in [-0.1, -0.05) is 57.6 Å². The van der Waals surface area contributed by atoms with Crippen LogP contribution in [0.15, 0.2) is 87.0 Å². The molecule has 0 N–H and O–H groups in total. The molecule has 0 aliphatic rings. The van der Waals surface area contributed by atoms with Crippen molar-refractivity contribution in [2.45, 2.75) is 4.90 Å². The Balaban J connectivity index is 1.65. The molecular weight excluding hydrogens is 500 g/mol. The molecule has 2 heterocycles. The van der Waals surface area contributed by atoms with Crippen molar-refractivity contribution in [3.63, 3.8) is 0 Å². The van der Waals surface area contributed by atoms with Crippen LogP contribution in [0.5, 0.6) is 5.75 Å². The summed E-state index contributed by atoms with van der Waals surface area (Å²) in [5.41, 5.74) is 1.72.